The number of aromatic nitrogens is 2. The van der Waals surface area contributed by atoms with E-state index in [4.69, 9.17) is 0 Å². The zero-order valence-corrected chi connectivity index (χ0v) is 9.75. The van der Waals surface area contributed by atoms with E-state index in [2.05, 4.69) is 43.7 Å². The van der Waals surface area contributed by atoms with Crippen molar-refractivity contribution in [3.8, 4) is 0 Å². The van der Waals surface area contributed by atoms with E-state index in [1.54, 1.807) is 0 Å². The van der Waals surface area contributed by atoms with Crippen molar-refractivity contribution in [2.75, 3.05) is 0 Å². The van der Waals surface area contributed by atoms with Gasteiger partial charge in [0.05, 0.1) is 0 Å². The summed E-state index contributed by atoms with van der Waals surface area (Å²) in [5, 5.41) is 4.23. The lowest BCUT2D eigenvalue weighted by Crippen LogP contribution is -2.07. The second-order valence-corrected chi connectivity index (χ2v) is 4.61. The molecule has 0 aliphatic rings. The molecule has 0 saturated carbocycles. The summed E-state index contributed by atoms with van der Waals surface area (Å²) in [5.74, 6) is 1.34. The predicted octanol–water partition coefficient (Wildman–Crippen LogP) is 3.24. The fraction of sp³-hybridized carbons (Fsp3) is 0.750. The highest BCUT2D eigenvalue weighted by molar-refractivity contribution is 5.04. The minimum absolute atomic E-state index is 0.549. The first-order chi connectivity index (χ1) is 6.61. The molecule has 0 saturated heterocycles. The van der Waals surface area contributed by atoms with Crippen LogP contribution in [0.3, 0.4) is 0 Å². The highest BCUT2D eigenvalue weighted by Gasteiger charge is 2.06. The molecule has 0 amide bonds. The largest absolute Gasteiger partial charge is 0.269 e. The van der Waals surface area contributed by atoms with Gasteiger partial charge < -0.3 is 0 Å². The van der Waals surface area contributed by atoms with Crippen LogP contribution in [0.4, 0.5) is 0 Å². The van der Waals surface area contributed by atoms with E-state index in [1.165, 1.54) is 18.5 Å². The monoisotopic (exact) mass is 193 g/mol. The average molecular weight is 193 g/mol. The Labute approximate surface area is 87.3 Å². The summed E-state index contributed by atoms with van der Waals surface area (Å²) in [5.41, 5.74) is 1.30. The second-order valence-electron chi connectivity index (χ2n) is 4.61. The minimum Gasteiger partial charge on any atom is -0.269 e. The molecule has 1 radical (unpaired) electrons. The molecular weight excluding hydrogens is 172 g/mol. The van der Waals surface area contributed by atoms with Crippen molar-refractivity contribution < 1.29 is 0 Å². The Balaban J connectivity index is 2.46. The van der Waals surface area contributed by atoms with Crippen molar-refractivity contribution >= 4 is 0 Å². The Hall–Kier alpha value is -0.790. The summed E-state index contributed by atoms with van der Waals surface area (Å²) in [6.45, 7) is 9.96. The summed E-state index contributed by atoms with van der Waals surface area (Å²) in [6, 6.07) is 2.00. The fourth-order valence-electron chi connectivity index (χ4n) is 1.59. The van der Waals surface area contributed by atoms with Gasteiger partial charge >= 0.3 is 0 Å². The quantitative estimate of drug-likeness (QED) is 0.702. The Kier molecular flexibility index (Phi) is 4.18. The molecule has 2 nitrogen and oxygen atoms in total. The maximum atomic E-state index is 4.23. The highest BCUT2D eigenvalue weighted by Crippen LogP contribution is 2.14. The number of hydrogen-bond donors (Lipinski definition) is 0. The van der Waals surface area contributed by atoms with Crippen LogP contribution in [0, 0.1) is 12.1 Å². The van der Waals surface area contributed by atoms with Crippen LogP contribution in [0.1, 0.15) is 52.1 Å². The molecule has 79 valence electrons. The first kappa shape index (κ1) is 11.3. The lowest BCUT2D eigenvalue weighted by atomic mass is 10.1. The molecule has 1 heterocycles. The van der Waals surface area contributed by atoms with Gasteiger partial charge in [-0.1, -0.05) is 27.7 Å². The molecule has 1 aromatic heterocycles. The van der Waals surface area contributed by atoms with E-state index in [0.29, 0.717) is 5.92 Å². The van der Waals surface area contributed by atoms with Crippen LogP contribution in [-0.2, 0) is 6.54 Å². The van der Waals surface area contributed by atoms with Gasteiger partial charge in [-0.2, -0.15) is 5.10 Å². The Bertz CT molecular complexity index is 261. The normalized spacial score (nSPS) is 11.6. The van der Waals surface area contributed by atoms with Crippen molar-refractivity contribution in [1.29, 1.82) is 0 Å². The SMILES string of the molecule is CC(C)CCCn1n[c]cc1C(C)C. The zero-order chi connectivity index (χ0) is 10.6. The number of nitrogens with zero attached hydrogens (tertiary/aromatic N) is 2. The van der Waals surface area contributed by atoms with Crippen LogP contribution in [0.2, 0.25) is 0 Å². The molecule has 1 rings (SSSR count). The third-order valence-corrected chi connectivity index (χ3v) is 2.43. The van der Waals surface area contributed by atoms with Crippen LogP contribution in [0.5, 0.6) is 0 Å². The van der Waals surface area contributed by atoms with Crippen molar-refractivity contribution in [2.24, 2.45) is 5.92 Å². The van der Waals surface area contributed by atoms with Gasteiger partial charge in [0.2, 0.25) is 0 Å². The minimum atomic E-state index is 0.549. The van der Waals surface area contributed by atoms with Gasteiger partial charge in [0.1, 0.15) is 6.20 Å². The fourth-order valence-corrected chi connectivity index (χ4v) is 1.59. The van der Waals surface area contributed by atoms with E-state index in [0.717, 1.165) is 12.5 Å². The number of aryl methyl sites for hydroxylation is 1. The molecular formula is C12H21N2. The topological polar surface area (TPSA) is 17.8 Å². The smallest absolute Gasteiger partial charge is 0.113 e. The molecule has 0 spiro atoms. The molecule has 0 unspecified atom stereocenters. The summed E-state index contributed by atoms with van der Waals surface area (Å²) in [7, 11) is 0. The van der Waals surface area contributed by atoms with E-state index in [-0.39, 0.29) is 0 Å². The maximum absolute atomic E-state index is 4.23. The summed E-state index contributed by atoms with van der Waals surface area (Å²) in [6.07, 6.45) is 5.42. The van der Waals surface area contributed by atoms with E-state index < -0.39 is 0 Å². The van der Waals surface area contributed by atoms with Crippen LogP contribution >= 0.6 is 0 Å². The van der Waals surface area contributed by atoms with Crippen LogP contribution in [-0.4, -0.2) is 9.78 Å². The molecule has 0 N–H and O–H groups in total. The second kappa shape index (κ2) is 5.18. The average Bonchev–Trinajstić information content (AvgIpc) is 2.51. The van der Waals surface area contributed by atoms with Crippen LogP contribution in [0.15, 0.2) is 6.07 Å². The van der Waals surface area contributed by atoms with Gasteiger partial charge in [0, 0.05) is 12.2 Å². The third kappa shape index (κ3) is 3.17. The Morgan fingerprint density at radius 3 is 2.64 bits per heavy atom. The third-order valence-electron chi connectivity index (χ3n) is 2.43. The lowest BCUT2D eigenvalue weighted by molar-refractivity contribution is 0.475. The van der Waals surface area contributed by atoms with E-state index in [1.807, 2.05) is 6.07 Å². The zero-order valence-electron chi connectivity index (χ0n) is 9.75. The van der Waals surface area contributed by atoms with Gasteiger partial charge in [-0.05, 0) is 30.7 Å². The highest BCUT2D eigenvalue weighted by atomic mass is 15.3. The van der Waals surface area contributed by atoms with E-state index >= 15 is 0 Å². The van der Waals surface area contributed by atoms with Crippen molar-refractivity contribution in [3.05, 3.63) is 18.0 Å². The lowest BCUT2D eigenvalue weighted by Gasteiger charge is -2.10. The summed E-state index contributed by atoms with van der Waals surface area (Å²) in [4.78, 5) is 0. The predicted molar refractivity (Wildman–Crippen MR) is 59.2 cm³/mol. The molecule has 14 heavy (non-hydrogen) atoms. The number of hydrogen-bond acceptors (Lipinski definition) is 1. The van der Waals surface area contributed by atoms with Crippen molar-refractivity contribution in [2.45, 2.75) is 53.0 Å². The van der Waals surface area contributed by atoms with Gasteiger partial charge in [0.15, 0.2) is 0 Å². The van der Waals surface area contributed by atoms with Gasteiger partial charge in [0.25, 0.3) is 0 Å². The maximum Gasteiger partial charge on any atom is 0.113 e. The van der Waals surface area contributed by atoms with Crippen molar-refractivity contribution in [1.82, 2.24) is 9.78 Å². The molecule has 0 aliphatic carbocycles. The molecule has 0 aliphatic heterocycles. The van der Waals surface area contributed by atoms with Gasteiger partial charge in [-0.3, -0.25) is 4.68 Å². The van der Waals surface area contributed by atoms with Crippen LogP contribution < -0.4 is 0 Å². The molecule has 0 fully saturated rings. The van der Waals surface area contributed by atoms with Gasteiger partial charge in [-0.25, -0.2) is 0 Å². The molecule has 0 aromatic carbocycles. The molecule has 0 atom stereocenters. The number of rotatable bonds is 5. The van der Waals surface area contributed by atoms with Crippen molar-refractivity contribution in [3.63, 3.8) is 0 Å². The van der Waals surface area contributed by atoms with Crippen LogP contribution in [0.25, 0.3) is 0 Å². The standard InChI is InChI=1S/C12H21N2/c1-10(2)6-5-9-14-12(11(3)4)7-8-13-14/h7,10-11H,5-6,9H2,1-4H3. The van der Waals surface area contributed by atoms with E-state index in [9.17, 15) is 0 Å². The Morgan fingerprint density at radius 2 is 2.07 bits per heavy atom. The molecule has 2 heteroatoms. The Morgan fingerprint density at radius 1 is 1.36 bits per heavy atom. The molecule has 1 aromatic rings. The van der Waals surface area contributed by atoms with Gasteiger partial charge in [-0.15, -0.1) is 0 Å². The molecule has 0 bridgehead atoms. The summed E-state index contributed by atoms with van der Waals surface area (Å²) >= 11 is 0. The summed E-state index contributed by atoms with van der Waals surface area (Å²) < 4.78 is 2.09. The first-order valence-corrected chi connectivity index (χ1v) is 5.55. The first-order valence-electron chi connectivity index (χ1n) is 5.55.